The Morgan fingerprint density at radius 1 is 0.973 bits per heavy atom. The molecule has 2 heterocycles. The second-order valence-corrected chi connectivity index (χ2v) is 11.4. The van der Waals surface area contributed by atoms with Gasteiger partial charge in [0.2, 0.25) is 10.0 Å². The number of carbonyl (C=O) groups is 2. The number of hydrogen-bond acceptors (Lipinski definition) is 6. The van der Waals surface area contributed by atoms with Crippen molar-refractivity contribution in [2.45, 2.75) is 31.7 Å². The number of nitrogens with one attached hydrogen (secondary N) is 1. The Hall–Kier alpha value is -3.21. The number of aryl methyl sites for hydroxylation is 2. The molecular formula is C27H34N4O5S. The quantitative estimate of drug-likeness (QED) is 0.557. The summed E-state index contributed by atoms with van der Waals surface area (Å²) in [5, 5.41) is 2.93. The number of rotatable bonds is 7. The molecule has 1 atom stereocenters. The molecule has 0 aromatic heterocycles. The van der Waals surface area contributed by atoms with E-state index in [-0.39, 0.29) is 17.5 Å². The Balaban J connectivity index is 1.58. The van der Waals surface area contributed by atoms with E-state index in [2.05, 4.69) is 10.2 Å². The van der Waals surface area contributed by atoms with Crippen molar-refractivity contribution in [2.24, 2.45) is 0 Å². The van der Waals surface area contributed by atoms with Crippen molar-refractivity contribution in [3.8, 4) is 0 Å². The van der Waals surface area contributed by atoms with Gasteiger partial charge >= 0.3 is 12.0 Å². The summed E-state index contributed by atoms with van der Waals surface area (Å²) in [5.41, 5.74) is 3.81. The molecule has 4 rings (SSSR count). The van der Waals surface area contributed by atoms with Crippen LogP contribution in [0.5, 0.6) is 0 Å². The lowest BCUT2D eigenvalue weighted by molar-refractivity contribution is -0.139. The van der Waals surface area contributed by atoms with Gasteiger partial charge in [-0.05, 0) is 38.5 Å². The number of amides is 2. The lowest BCUT2D eigenvalue weighted by Gasteiger charge is -2.39. The first-order valence-electron chi connectivity index (χ1n) is 12.4. The predicted molar refractivity (Wildman–Crippen MR) is 140 cm³/mol. The maximum absolute atomic E-state index is 13.2. The molecule has 198 valence electrons. The number of benzene rings is 2. The lowest BCUT2D eigenvalue weighted by atomic mass is 9.93. The van der Waals surface area contributed by atoms with Crippen LogP contribution >= 0.6 is 0 Å². The van der Waals surface area contributed by atoms with E-state index in [0.717, 1.165) is 16.7 Å². The van der Waals surface area contributed by atoms with Gasteiger partial charge in [-0.1, -0.05) is 47.5 Å². The van der Waals surface area contributed by atoms with E-state index in [1.165, 1.54) is 9.21 Å². The highest BCUT2D eigenvalue weighted by Crippen LogP contribution is 2.32. The minimum atomic E-state index is -3.59. The molecule has 37 heavy (non-hydrogen) atoms. The molecule has 0 radical (unpaired) electrons. The van der Waals surface area contributed by atoms with Crippen molar-refractivity contribution < 1.29 is 22.7 Å². The number of carbonyl (C=O) groups excluding carboxylic acids is 2. The predicted octanol–water partition coefficient (Wildman–Crippen LogP) is 2.82. The van der Waals surface area contributed by atoms with E-state index >= 15 is 0 Å². The van der Waals surface area contributed by atoms with Gasteiger partial charge in [-0.3, -0.25) is 9.80 Å². The van der Waals surface area contributed by atoms with Crippen LogP contribution in [0.2, 0.25) is 0 Å². The largest absolute Gasteiger partial charge is 0.463 e. The average Bonchev–Trinajstić information content (AvgIpc) is 2.88. The highest BCUT2D eigenvalue weighted by atomic mass is 32.2. The summed E-state index contributed by atoms with van der Waals surface area (Å²) >= 11 is 0. The van der Waals surface area contributed by atoms with Crippen LogP contribution in [0.25, 0.3) is 0 Å². The molecule has 1 saturated heterocycles. The summed E-state index contributed by atoms with van der Waals surface area (Å²) in [6.45, 7) is 7.74. The van der Waals surface area contributed by atoms with Gasteiger partial charge in [-0.25, -0.2) is 18.0 Å². The van der Waals surface area contributed by atoms with Crippen molar-refractivity contribution in [2.75, 3.05) is 46.4 Å². The molecule has 10 heteroatoms. The van der Waals surface area contributed by atoms with Crippen LogP contribution in [0.3, 0.4) is 0 Å². The van der Waals surface area contributed by atoms with E-state index in [4.69, 9.17) is 4.74 Å². The highest BCUT2D eigenvalue weighted by molar-refractivity contribution is 7.89. The summed E-state index contributed by atoms with van der Waals surface area (Å²) in [4.78, 5) is 29.9. The number of urea groups is 1. The normalized spacial score (nSPS) is 19.6. The summed E-state index contributed by atoms with van der Waals surface area (Å²) in [5.74, 6) is -0.476. The first-order valence-corrected chi connectivity index (χ1v) is 13.9. The zero-order valence-electron chi connectivity index (χ0n) is 21.7. The fourth-order valence-corrected chi connectivity index (χ4v) is 6.03. The number of likely N-dealkylation sites (N-methyl/N-ethyl adjacent to an activating group) is 1. The third kappa shape index (κ3) is 5.71. The topological polar surface area (TPSA) is 99.3 Å². The Kier molecular flexibility index (Phi) is 8.01. The SMILES string of the molecule is CCOC(=O)C1=C(CN2CCN(S(=O)(=O)c3ccc(C)cc3)CC2)N(C)C(=O)N[C@@H]1c1ccc(C)cc1. The number of ether oxygens (including phenoxy) is 1. The van der Waals surface area contributed by atoms with Crippen molar-refractivity contribution >= 4 is 22.0 Å². The van der Waals surface area contributed by atoms with E-state index in [1.807, 2.05) is 38.1 Å². The van der Waals surface area contributed by atoms with E-state index < -0.39 is 22.0 Å². The number of sulfonamides is 1. The zero-order valence-corrected chi connectivity index (χ0v) is 22.5. The summed E-state index contributed by atoms with van der Waals surface area (Å²) in [7, 11) is -1.96. The number of nitrogens with zero attached hydrogens (tertiary/aromatic N) is 3. The van der Waals surface area contributed by atoms with Crippen LogP contribution in [0, 0.1) is 13.8 Å². The molecule has 0 unspecified atom stereocenters. The fraction of sp³-hybridized carbons (Fsp3) is 0.407. The Morgan fingerprint density at radius 2 is 1.54 bits per heavy atom. The second-order valence-electron chi connectivity index (χ2n) is 9.43. The molecule has 2 aromatic carbocycles. The van der Waals surface area contributed by atoms with E-state index in [0.29, 0.717) is 44.0 Å². The zero-order chi connectivity index (χ0) is 26.7. The van der Waals surface area contributed by atoms with E-state index in [9.17, 15) is 18.0 Å². The summed E-state index contributed by atoms with van der Waals surface area (Å²) < 4.78 is 33.1. The van der Waals surface area contributed by atoms with Crippen LogP contribution in [0.15, 0.2) is 64.7 Å². The van der Waals surface area contributed by atoms with Gasteiger partial charge in [-0.2, -0.15) is 4.31 Å². The van der Waals surface area contributed by atoms with Gasteiger partial charge in [0.25, 0.3) is 0 Å². The molecule has 2 amide bonds. The fourth-order valence-electron chi connectivity index (χ4n) is 4.61. The van der Waals surface area contributed by atoms with Crippen molar-refractivity contribution in [1.29, 1.82) is 0 Å². The Morgan fingerprint density at radius 3 is 2.11 bits per heavy atom. The number of piperazine rings is 1. The molecule has 2 aliphatic rings. The smallest absolute Gasteiger partial charge is 0.338 e. The van der Waals surface area contributed by atoms with Crippen molar-refractivity contribution in [3.63, 3.8) is 0 Å². The number of hydrogen-bond donors (Lipinski definition) is 1. The van der Waals surface area contributed by atoms with Gasteiger partial charge in [0.05, 0.1) is 23.1 Å². The van der Waals surface area contributed by atoms with Gasteiger partial charge in [0.15, 0.2) is 0 Å². The maximum atomic E-state index is 13.2. The number of esters is 1. The molecule has 1 fully saturated rings. The van der Waals surface area contributed by atoms with Crippen LogP contribution in [0.1, 0.15) is 29.7 Å². The molecule has 0 bridgehead atoms. The minimum absolute atomic E-state index is 0.212. The van der Waals surface area contributed by atoms with Gasteiger partial charge in [-0.15, -0.1) is 0 Å². The molecule has 1 N–H and O–H groups in total. The lowest BCUT2D eigenvalue weighted by Crippen LogP contribution is -2.53. The molecule has 0 spiro atoms. The third-order valence-corrected chi connectivity index (χ3v) is 8.76. The summed E-state index contributed by atoms with van der Waals surface area (Å²) in [6.07, 6.45) is 0. The van der Waals surface area contributed by atoms with Crippen LogP contribution in [-0.2, 0) is 19.6 Å². The van der Waals surface area contributed by atoms with Gasteiger partial charge < -0.3 is 10.1 Å². The molecule has 0 aliphatic carbocycles. The Bertz CT molecular complexity index is 1280. The molecule has 9 nitrogen and oxygen atoms in total. The monoisotopic (exact) mass is 526 g/mol. The van der Waals surface area contributed by atoms with E-state index in [1.54, 1.807) is 38.2 Å². The standard InChI is InChI=1S/C27H34N4O5S/c1-5-36-26(32)24-23(29(4)27(33)28-25(24)21-10-6-19(2)7-11-21)18-30-14-16-31(17-15-30)37(34,35)22-12-8-20(3)9-13-22/h6-13,25H,5,14-18H2,1-4H3,(H,28,33)/t25-/m1/s1. The van der Waals surface area contributed by atoms with Gasteiger partial charge in [0, 0.05) is 45.5 Å². The third-order valence-electron chi connectivity index (χ3n) is 6.85. The average molecular weight is 527 g/mol. The first-order chi connectivity index (χ1) is 17.6. The van der Waals surface area contributed by atoms with Crippen molar-refractivity contribution in [3.05, 3.63) is 76.5 Å². The Labute approximate surface area is 218 Å². The molecule has 2 aliphatic heterocycles. The van der Waals surface area contributed by atoms with Crippen LogP contribution < -0.4 is 5.32 Å². The van der Waals surface area contributed by atoms with Crippen molar-refractivity contribution in [1.82, 2.24) is 19.4 Å². The van der Waals surface area contributed by atoms with Gasteiger partial charge in [0.1, 0.15) is 0 Å². The summed E-state index contributed by atoms with van der Waals surface area (Å²) in [6, 6.07) is 13.6. The molecular weight excluding hydrogens is 492 g/mol. The second kappa shape index (κ2) is 11.0. The van der Waals surface area contributed by atoms with Crippen LogP contribution in [-0.4, -0.2) is 80.9 Å². The molecule has 2 aromatic rings. The van der Waals surface area contributed by atoms with Crippen LogP contribution in [0.4, 0.5) is 4.79 Å². The first kappa shape index (κ1) is 26.8. The molecule has 0 saturated carbocycles. The highest BCUT2D eigenvalue weighted by Gasteiger charge is 2.38. The maximum Gasteiger partial charge on any atom is 0.338 e. The minimum Gasteiger partial charge on any atom is -0.463 e.